The molecule has 0 aromatic rings. The van der Waals surface area contributed by atoms with Crippen molar-refractivity contribution in [2.75, 3.05) is 13.7 Å². The van der Waals surface area contributed by atoms with Gasteiger partial charge < -0.3 is 4.74 Å². The van der Waals surface area contributed by atoms with Crippen molar-refractivity contribution < 1.29 is 4.74 Å². The Hall–Kier alpha value is 0.440. The maximum absolute atomic E-state index is 5.13. The van der Waals surface area contributed by atoms with Crippen LogP contribution in [0.1, 0.15) is 39.5 Å². The van der Waals surface area contributed by atoms with Gasteiger partial charge in [-0.25, -0.2) is 0 Å². The van der Waals surface area contributed by atoms with Crippen LogP contribution in [0.4, 0.5) is 0 Å². The second kappa shape index (κ2) is 4.79. The van der Waals surface area contributed by atoms with Gasteiger partial charge in [-0.2, -0.15) is 0 Å². The first-order valence-corrected chi connectivity index (χ1v) is 6.13. The molecule has 1 aliphatic carbocycles. The van der Waals surface area contributed by atoms with Gasteiger partial charge in [0.1, 0.15) is 0 Å². The van der Waals surface area contributed by atoms with Crippen molar-refractivity contribution in [3.8, 4) is 0 Å². The van der Waals surface area contributed by atoms with E-state index in [1.807, 2.05) is 0 Å². The van der Waals surface area contributed by atoms with E-state index in [4.69, 9.17) is 4.74 Å². The molecule has 3 atom stereocenters. The van der Waals surface area contributed by atoms with Crippen LogP contribution in [0.3, 0.4) is 0 Å². The lowest BCUT2D eigenvalue weighted by Gasteiger charge is -2.31. The number of alkyl halides is 1. The molecule has 0 amide bonds. The Bertz CT molecular complexity index is 160. The van der Waals surface area contributed by atoms with Crippen LogP contribution < -0.4 is 0 Å². The summed E-state index contributed by atoms with van der Waals surface area (Å²) in [5, 5.41) is 0. The number of halogens is 1. The largest absolute Gasteiger partial charge is 0.385 e. The lowest BCUT2D eigenvalue weighted by molar-refractivity contribution is 0.129. The molecule has 0 aromatic heterocycles. The molecule has 13 heavy (non-hydrogen) atoms. The summed E-state index contributed by atoms with van der Waals surface area (Å²) in [6, 6.07) is 0. The van der Waals surface area contributed by atoms with Gasteiger partial charge in [0.25, 0.3) is 0 Å². The van der Waals surface area contributed by atoms with Crippen LogP contribution in [0.25, 0.3) is 0 Å². The summed E-state index contributed by atoms with van der Waals surface area (Å²) in [5.41, 5.74) is 0.548. The van der Waals surface area contributed by atoms with Crippen molar-refractivity contribution in [2.45, 2.75) is 44.4 Å². The molecule has 0 heterocycles. The normalized spacial score (nSPS) is 36.5. The van der Waals surface area contributed by atoms with Crippen molar-refractivity contribution in [3.05, 3.63) is 0 Å². The van der Waals surface area contributed by atoms with Crippen LogP contribution in [-0.2, 0) is 4.74 Å². The maximum atomic E-state index is 5.13. The molecule has 2 heteroatoms. The third kappa shape index (κ3) is 2.95. The lowest BCUT2D eigenvalue weighted by Crippen LogP contribution is -2.23. The third-order valence-corrected chi connectivity index (χ3v) is 4.44. The highest BCUT2D eigenvalue weighted by atomic mass is 79.9. The number of hydrogen-bond donors (Lipinski definition) is 0. The van der Waals surface area contributed by atoms with Crippen molar-refractivity contribution in [1.29, 1.82) is 0 Å². The first-order chi connectivity index (χ1) is 6.08. The summed E-state index contributed by atoms with van der Waals surface area (Å²) < 4.78 is 5.13. The minimum atomic E-state index is 0.548. The molecule has 1 rings (SSSR count). The average Bonchev–Trinajstić information content (AvgIpc) is 2.43. The predicted octanol–water partition coefficient (Wildman–Crippen LogP) is 3.61. The summed E-state index contributed by atoms with van der Waals surface area (Å²) >= 11 is 3.72. The number of methoxy groups -OCH3 is 1. The van der Waals surface area contributed by atoms with Gasteiger partial charge in [-0.1, -0.05) is 29.8 Å². The first-order valence-electron chi connectivity index (χ1n) is 5.21. The Labute approximate surface area is 90.4 Å². The molecular formula is C11H21BrO. The summed E-state index contributed by atoms with van der Waals surface area (Å²) in [6.45, 7) is 5.70. The molecule has 1 fully saturated rings. The van der Waals surface area contributed by atoms with Crippen LogP contribution in [0.5, 0.6) is 0 Å². The standard InChI is InChI=1S/C11H21BrO/c1-9(5-7-13-3)11(2)6-4-10(12)8-11/h9-10H,4-8H2,1-3H3. The molecule has 0 saturated heterocycles. The second-order valence-electron chi connectivity index (χ2n) is 4.68. The fourth-order valence-electron chi connectivity index (χ4n) is 2.29. The minimum absolute atomic E-state index is 0.548. The molecular weight excluding hydrogens is 228 g/mol. The number of rotatable bonds is 4. The van der Waals surface area contributed by atoms with Gasteiger partial charge in [0.15, 0.2) is 0 Å². The smallest absolute Gasteiger partial charge is 0.0465 e. The van der Waals surface area contributed by atoms with Crippen molar-refractivity contribution >= 4 is 15.9 Å². The number of hydrogen-bond acceptors (Lipinski definition) is 1. The Morgan fingerprint density at radius 2 is 2.31 bits per heavy atom. The first kappa shape index (κ1) is 11.5. The van der Waals surface area contributed by atoms with E-state index in [1.165, 1.54) is 25.7 Å². The molecule has 1 nitrogen and oxygen atoms in total. The molecule has 0 N–H and O–H groups in total. The van der Waals surface area contributed by atoms with Crippen LogP contribution in [0.2, 0.25) is 0 Å². The highest BCUT2D eigenvalue weighted by Crippen LogP contribution is 2.47. The van der Waals surface area contributed by atoms with Gasteiger partial charge in [0.05, 0.1) is 0 Å². The number of ether oxygens (including phenoxy) is 1. The molecule has 0 spiro atoms. The molecule has 0 aliphatic heterocycles. The van der Waals surface area contributed by atoms with Crippen LogP contribution in [0.15, 0.2) is 0 Å². The van der Waals surface area contributed by atoms with Gasteiger partial charge >= 0.3 is 0 Å². The van der Waals surface area contributed by atoms with Crippen LogP contribution in [0, 0.1) is 11.3 Å². The second-order valence-corrected chi connectivity index (χ2v) is 5.97. The van der Waals surface area contributed by atoms with E-state index in [9.17, 15) is 0 Å². The SMILES string of the molecule is COCCC(C)C1(C)CCC(Br)C1. The highest BCUT2D eigenvalue weighted by Gasteiger charge is 2.37. The minimum Gasteiger partial charge on any atom is -0.385 e. The summed E-state index contributed by atoms with van der Waals surface area (Å²) in [6.07, 6.45) is 5.24. The topological polar surface area (TPSA) is 9.23 Å². The van der Waals surface area contributed by atoms with Gasteiger partial charge in [-0.15, -0.1) is 0 Å². The van der Waals surface area contributed by atoms with Gasteiger partial charge in [0.2, 0.25) is 0 Å². The Morgan fingerprint density at radius 3 is 2.77 bits per heavy atom. The average molecular weight is 249 g/mol. The molecule has 3 unspecified atom stereocenters. The fraction of sp³-hybridized carbons (Fsp3) is 1.00. The van der Waals surface area contributed by atoms with Gasteiger partial charge in [0, 0.05) is 18.5 Å². The summed E-state index contributed by atoms with van der Waals surface area (Å²) in [4.78, 5) is 0.752. The summed E-state index contributed by atoms with van der Waals surface area (Å²) in [5.74, 6) is 0.787. The molecule has 0 radical (unpaired) electrons. The Kier molecular flexibility index (Phi) is 4.24. The van der Waals surface area contributed by atoms with Crippen molar-refractivity contribution in [1.82, 2.24) is 0 Å². The zero-order valence-corrected chi connectivity index (χ0v) is 10.6. The van der Waals surface area contributed by atoms with E-state index in [0.29, 0.717) is 5.41 Å². The van der Waals surface area contributed by atoms with Gasteiger partial charge in [-0.3, -0.25) is 0 Å². The van der Waals surface area contributed by atoms with Crippen LogP contribution in [-0.4, -0.2) is 18.5 Å². The Balaban J connectivity index is 2.40. The summed E-state index contributed by atoms with van der Waals surface area (Å²) in [7, 11) is 1.79. The monoisotopic (exact) mass is 248 g/mol. The third-order valence-electron chi connectivity index (χ3n) is 3.66. The lowest BCUT2D eigenvalue weighted by atomic mass is 9.75. The molecule has 78 valence electrons. The molecule has 1 saturated carbocycles. The van der Waals surface area contributed by atoms with Crippen molar-refractivity contribution in [2.24, 2.45) is 11.3 Å². The van der Waals surface area contributed by atoms with Crippen molar-refractivity contribution in [3.63, 3.8) is 0 Å². The highest BCUT2D eigenvalue weighted by molar-refractivity contribution is 9.09. The van der Waals surface area contributed by atoms with E-state index in [-0.39, 0.29) is 0 Å². The quantitative estimate of drug-likeness (QED) is 0.691. The fourth-order valence-corrected chi connectivity index (χ4v) is 3.26. The van der Waals surface area contributed by atoms with E-state index < -0.39 is 0 Å². The van der Waals surface area contributed by atoms with E-state index in [1.54, 1.807) is 7.11 Å². The maximum Gasteiger partial charge on any atom is 0.0465 e. The van der Waals surface area contributed by atoms with E-state index >= 15 is 0 Å². The van der Waals surface area contributed by atoms with Crippen LogP contribution >= 0.6 is 15.9 Å². The molecule has 0 aromatic carbocycles. The van der Waals surface area contributed by atoms with E-state index in [2.05, 4.69) is 29.8 Å². The predicted molar refractivity (Wildman–Crippen MR) is 60.3 cm³/mol. The Morgan fingerprint density at radius 1 is 1.62 bits per heavy atom. The van der Waals surface area contributed by atoms with Gasteiger partial charge in [-0.05, 0) is 37.0 Å². The molecule has 0 bridgehead atoms. The van der Waals surface area contributed by atoms with E-state index in [0.717, 1.165) is 17.4 Å². The zero-order chi connectivity index (χ0) is 9.90. The zero-order valence-electron chi connectivity index (χ0n) is 8.98. The molecule has 1 aliphatic rings.